The van der Waals surface area contributed by atoms with Crippen LogP contribution in [0.15, 0.2) is 0 Å². The molecule has 5 heteroatoms. The first kappa shape index (κ1) is 8.81. The van der Waals surface area contributed by atoms with Crippen molar-refractivity contribution in [1.29, 1.82) is 5.26 Å². The van der Waals surface area contributed by atoms with Crippen LogP contribution in [0, 0.1) is 11.3 Å². The number of nitrogens with zero attached hydrogens (tertiary/aromatic N) is 2. The van der Waals surface area contributed by atoms with E-state index in [1.165, 1.54) is 4.90 Å². The van der Waals surface area contributed by atoms with Gasteiger partial charge in [-0.25, -0.2) is 4.79 Å². The van der Waals surface area contributed by atoms with E-state index in [1.54, 1.807) is 0 Å². The monoisotopic (exact) mass is 169 g/mol. The molecule has 2 atom stereocenters. The minimum Gasteiger partial charge on any atom is -0.465 e. The van der Waals surface area contributed by atoms with E-state index in [1.807, 2.05) is 6.07 Å². The van der Waals surface area contributed by atoms with Crippen molar-refractivity contribution in [3.8, 4) is 6.07 Å². The zero-order chi connectivity index (χ0) is 9.14. The Bertz CT molecular complexity index is 223. The van der Waals surface area contributed by atoms with Gasteiger partial charge < -0.3 is 15.7 Å². The van der Waals surface area contributed by atoms with Crippen molar-refractivity contribution in [1.82, 2.24) is 4.90 Å². The van der Waals surface area contributed by atoms with Crippen LogP contribution in [0.5, 0.6) is 0 Å². The Labute approximate surface area is 70.4 Å². The molecule has 5 nitrogen and oxygen atoms in total. The van der Waals surface area contributed by atoms with Gasteiger partial charge in [0.05, 0.1) is 12.5 Å². The molecule has 0 radical (unpaired) electrons. The van der Waals surface area contributed by atoms with Crippen molar-refractivity contribution in [2.75, 3.05) is 6.54 Å². The molecule has 66 valence electrons. The Morgan fingerprint density at radius 1 is 1.83 bits per heavy atom. The summed E-state index contributed by atoms with van der Waals surface area (Å²) in [6.45, 7) is 0.349. The zero-order valence-electron chi connectivity index (χ0n) is 6.60. The molecular formula is C7H11N3O2. The lowest BCUT2D eigenvalue weighted by Gasteiger charge is -2.17. The van der Waals surface area contributed by atoms with Crippen molar-refractivity contribution in [2.45, 2.75) is 24.9 Å². The molecule has 1 saturated heterocycles. The molecule has 1 rings (SSSR count). The summed E-state index contributed by atoms with van der Waals surface area (Å²) in [5.41, 5.74) is 5.57. The highest BCUT2D eigenvalue weighted by atomic mass is 16.4. The van der Waals surface area contributed by atoms with Gasteiger partial charge in [-0.05, 0) is 6.42 Å². The molecule has 0 saturated carbocycles. The highest BCUT2D eigenvalue weighted by Crippen LogP contribution is 2.18. The summed E-state index contributed by atoms with van der Waals surface area (Å²) in [4.78, 5) is 11.8. The van der Waals surface area contributed by atoms with Crippen LogP contribution >= 0.6 is 0 Å². The van der Waals surface area contributed by atoms with E-state index in [-0.39, 0.29) is 18.5 Å². The molecule has 0 bridgehead atoms. The number of nitriles is 1. The first-order valence-corrected chi connectivity index (χ1v) is 3.77. The third kappa shape index (κ3) is 1.66. The van der Waals surface area contributed by atoms with Gasteiger partial charge >= 0.3 is 6.09 Å². The maximum atomic E-state index is 10.6. The average Bonchev–Trinajstić information content (AvgIpc) is 2.32. The summed E-state index contributed by atoms with van der Waals surface area (Å²) in [6.07, 6.45) is -0.150. The molecule has 1 aliphatic rings. The van der Waals surface area contributed by atoms with E-state index in [0.29, 0.717) is 13.0 Å². The van der Waals surface area contributed by atoms with E-state index in [4.69, 9.17) is 16.1 Å². The van der Waals surface area contributed by atoms with E-state index < -0.39 is 6.09 Å². The first-order valence-electron chi connectivity index (χ1n) is 3.77. The fraction of sp³-hybridized carbons (Fsp3) is 0.714. The Balaban J connectivity index is 2.60. The molecule has 1 fully saturated rings. The van der Waals surface area contributed by atoms with E-state index in [2.05, 4.69) is 0 Å². The molecule has 12 heavy (non-hydrogen) atoms. The third-order valence-electron chi connectivity index (χ3n) is 2.02. The Kier molecular flexibility index (Phi) is 2.51. The minimum atomic E-state index is -0.983. The van der Waals surface area contributed by atoms with Crippen LogP contribution in [0.4, 0.5) is 4.79 Å². The summed E-state index contributed by atoms with van der Waals surface area (Å²) < 4.78 is 0. The molecule has 1 amide bonds. The maximum absolute atomic E-state index is 10.6. The fourth-order valence-corrected chi connectivity index (χ4v) is 1.49. The lowest BCUT2D eigenvalue weighted by Crippen LogP contribution is -2.35. The molecule has 1 heterocycles. The Morgan fingerprint density at radius 2 is 2.50 bits per heavy atom. The molecule has 0 aliphatic carbocycles. The van der Waals surface area contributed by atoms with Crippen LogP contribution in [0.3, 0.4) is 0 Å². The second kappa shape index (κ2) is 3.41. The van der Waals surface area contributed by atoms with Gasteiger partial charge in [-0.1, -0.05) is 0 Å². The van der Waals surface area contributed by atoms with Gasteiger partial charge in [-0.15, -0.1) is 0 Å². The lowest BCUT2D eigenvalue weighted by molar-refractivity contribution is 0.140. The topological polar surface area (TPSA) is 90.4 Å². The van der Waals surface area contributed by atoms with Gasteiger partial charge in [0, 0.05) is 18.6 Å². The van der Waals surface area contributed by atoms with Crippen LogP contribution < -0.4 is 5.73 Å². The van der Waals surface area contributed by atoms with Crippen LogP contribution in [-0.2, 0) is 0 Å². The zero-order valence-corrected chi connectivity index (χ0v) is 6.60. The summed E-state index contributed by atoms with van der Waals surface area (Å²) in [6, 6.07) is 1.64. The predicted molar refractivity (Wildman–Crippen MR) is 41.3 cm³/mol. The van der Waals surface area contributed by atoms with Crippen LogP contribution in [0.25, 0.3) is 0 Å². The molecule has 0 aromatic rings. The Morgan fingerprint density at radius 3 is 3.00 bits per heavy atom. The fourth-order valence-electron chi connectivity index (χ4n) is 1.49. The third-order valence-corrected chi connectivity index (χ3v) is 2.02. The van der Waals surface area contributed by atoms with Crippen LogP contribution in [-0.4, -0.2) is 34.7 Å². The van der Waals surface area contributed by atoms with Crippen molar-refractivity contribution in [2.24, 2.45) is 5.73 Å². The number of nitrogens with two attached hydrogens (primary N) is 1. The summed E-state index contributed by atoms with van der Waals surface area (Å²) in [7, 11) is 0. The summed E-state index contributed by atoms with van der Waals surface area (Å²) in [5.74, 6) is 0. The SMILES string of the molecule is N#CC[C@H]1C[C@@H](N)CN1C(=O)O. The second-order valence-electron chi connectivity index (χ2n) is 2.95. The molecule has 0 spiro atoms. The van der Waals surface area contributed by atoms with Crippen molar-refractivity contribution >= 4 is 6.09 Å². The van der Waals surface area contributed by atoms with E-state index in [0.717, 1.165) is 0 Å². The Hall–Kier alpha value is -1.28. The van der Waals surface area contributed by atoms with Gasteiger partial charge in [0.2, 0.25) is 0 Å². The molecule has 0 unspecified atom stereocenters. The molecule has 3 N–H and O–H groups in total. The number of carboxylic acid groups (broad SMARTS) is 1. The highest BCUT2D eigenvalue weighted by molar-refractivity contribution is 5.66. The van der Waals surface area contributed by atoms with Gasteiger partial charge in [0.25, 0.3) is 0 Å². The molecule has 1 aliphatic heterocycles. The van der Waals surface area contributed by atoms with Crippen molar-refractivity contribution < 1.29 is 9.90 Å². The summed E-state index contributed by atoms with van der Waals surface area (Å²) >= 11 is 0. The standard InChI is InChI=1S/C7H11N3O2/c8-2-1-6-3-5(9)4-10(6)7(11)12/h5-6H,1,3-4,9H2,(H,11,12)/t5-,6+/m1/s1. The largest absolute Gasteiger partial charge is 0.465 e. The van der Waals surface area contributed by atoms with Gasteiger partial charge in [-0.3, -0.25) is 0 Å². The van der Waals surface area contributed by atoms with E-state index >= 15 is 0 Å². The number of hydrogen-bond donors (Lipinski definition) is 2. The van der Waals surface area contributed by atoms with Crippen LogP contribution in [0.2, 0.25) is 0 Å². The number of rotatable bonds is 1. The second-order valence-corrected chi connectivity index (χ2v) is 2.95. The maximum Gasteiger partial charge on any atom is 0.407 e. The lowest BCUT2D eigenvalue weighted by atomic mass is 10.1. The van der Waals surface area contributed by atoms with E-state index in [9.17, 15) is 4.79 Å². The van der Waals surface area contributed by atoms with Crippen LogP contribution in [0.1, 0.15) is 12.8 Å². The first-order chi connectivity index (χ1) is 5.65. The minimum absolute atomic E-state index is 0.112. The van der Waals surface area contributed by atoms with Crippen molar-refractivity contribution in [3.63, 3.8) is 0 Å². The summed E-state index contributed by atoms with van der Waals surface area (Å²) in [5, 5.41) is 17.1. The molecule has 0 aromatic heterocycles. The van der Waals surface area contributed by atoms with Gasteiger partial charge in [0.1, 0.15) is 0 Å². The smallest absolute Gasteiger partial charge is 0.407 e. The number of hydrogen-bond acceptors (Lipinski definition) is 3. The molecule has 0 aromatic carbocycles. The van der Waals surface area contributed by atoms with Crippen molar-refractivity contribution in [3.05, 3.63) is 0 Å². The van der Waals surface area contributed by atoms with Gasteiger partial charge in [0.15, 0.2) is 0 Å². The normalized spacial score (nSPS) is 28.5. The quantitative estimate of drug-likeness (QED) is 0.577. The predicted octanol–water partition coefficient (Wildman–Crippen LogP) is -0.0203. The number of carbonyl (C=O) groups is 1. The number of amides is 1. The molecular weight excluding hydrogens is 158 g/mol. The van der Waals surface area contributed by atoms with Gasteiger partial charge in [-0.2, -0.15) is 5.26 Å². The average molecular weight is 169 g/mol. The highest BCUT2D eigenvalue weighted by Gasteiger charge is 2.32. The number of likely N-dealkylation sites (tertiary alicyclic amines) is 1.